The molecule has 0 unspecified atom stereocenters. The fourth-order valence-corrected chi connectivity index (χ4v) is 3.80. The van der Waals surface area contributed by atoms with E-state index in [1.54, 1.807) is 11.6 Å². The van der Waals surface area contributed by atoms with Crippen LogP contribution >= 0.6 is 0 Å². The Labute approximate surface area is 196 Å². The van der Waals surface area contributed by atoms with E-state index in [1.165, 1.54) is 0 Å². The van der Waals surface area contributed by atoms with E-state index in [2.05, 4.69) is 21.5 Å². The largest absolute Gasteiger partial charge is 0.466 e. The third kappa shape index (κ3) is 4.52. The number of hydrogen-bond acceptors (Lipinski definition) is 6. The first-order chi connectivity index (χ1) is 16.6. The molecule has 8 heteroatoms. The summed E-state index contributed by atoms with van der Waals surface area (Å²) in [6.45, 7) is 2.19. The Balaban J connectivity index is 1.35. The zero-order valence-corrected chi connectivity index (χ0v) is 19.0. The predicted octanol–water partition coefficient (Wildman–Crippen LogP) is 4.65. The highest BCUT2D eigenvalue weighted by atomic mass is 16.5. The van der Waals surface area contributed by atoms with Crippen LogP contribution in [0.3, 0.4) is 0 Å². The third-order valence-corrected chi connectivity index (χ3v) is 5.44. The first kappa shape index (κ1) is 21.4. The lowest BCUT2D eigenvalue weighted by molar-refractivity contribution is -0.142. The molecule has 1 aromatic carbocycles. The van der Waals surface area contributed by atoms with E-state index in [4.69, 9.17) is 9.72 Å². The minimum absolute atomic E-state index is 0.224. The number of carbonyl (C=O) groups excluding carboxylic acids is 1. The molecule has 170 valence electrons. The van der Waals surface area contributed by atoms with E-state index in [-0.39, 0.29) is 12.4 Å². The fourth-order valence-electron chi connectivity index (χ4n) is 3.80. The summed E-state index contributed by atoms with van der Waals surface area (Å²) in [4.78, 5) is 21.0. The number of esters is 1. The Morgan fingerprint density at radius 1 is 1.06 bits per heavy atom. The van der Waals surface area contributed by atoms with Gasteiger partial charge in [0.15, 0.2) is 0 Å². The van der Waals surface area contributed by atoms with E-state index >= 15 is 0 Å². The number of anilines is 2. The third-order valence-electron chi connectivity index (χ3n) is 5.44. The molecule has 0 atom stereocenters. The van der Waals surface area contributed by atoms with Gasteiger partial charge < -0.3 is 10.1 Å². The molecule has 0 aliphatic carbocycles. The number of ether oxygens (including phenoxy) is 1. The summed E-state index contributed by atoms with van der Waals surface area (Å²) in [7, 11) is 1.90. The van der Waals surface area contributed by atoms with Crippen LogP contribution in [0.15, 0.2) is 79.4 Å². The van der Waals surface area contributed by atoms with E-state index in [1.807, 2.05) is 84.8 Å². The van der Waals surface area contributed by atoms with E-state index in [0.717, 1.165) is 45.2 Å². The van der Waals surface area contributed by atoms with E-state index in [9.17, 15) is 4.79 Å². The summed E-state index contributed by atoms with van der Waals surface area (Å²) in [5, 5.41) is 7.57. The summed E-state index contributed by atoms with van der Waals surface area (Å²) in [5.41, 5.74) is 6.46. The summed E-state index contributed by atoms with van der Waals surface area (Å²) in [6.07, 6.45) is 7.92. The van der Waals surface area contributed by atoms with Gasteiger partial charge in [0.1, 0.15) is 11.5 Å². The van der Waals surface area contributed by atoms with Crippen molar-refractivity contribution in [2.75, 3.05) is 11.9 Å². The fraction of sp³-hybridized carbons (Fsp3) is 0.154. The average Bonchev–Trinajstić information content (AvgIpc) is 3.46. The smallest absolute Gasteiger partial charge is 0.310 e. The number of aryl methyl sites for hydroxylation is 1. The number of fused-ring (bicyclic) bond motifs is 1. The normalized spacial score (nSPS) is 11.0. The van der Waals surface area contributed by atoms with Crippen LogP contribution in [0.4, 0.5) is 11.5 Å². The highest BCUT2D eigenvalue weighted by molar-refractivity contribution is 5.73. The van der Waals surface area contributed by atoms with Crippen LogP contribution in [0, 0.1) is 0 Å². The van der Waals surface area contributed by atoms with Crippen LogP contribution in [0.5, 0.6) is 0 Å². The molecule has 4 heterocycles. The highest BCUT2D eigenvalue weighted by Gasteiger charge is 2.10. The van der Waals surface area contributed by atoms with Crippen LogP contribution < -0.4 is 5.32 Å². The molecule has 0 radical (unpaired) electrons. The summed E-state index contributed by atoms with van der Waals surface area (Å²) >= 11 is 0. The van der Waals surface area contributed by atoms with E-state index in [0.29, 0.717) is 6.61 Å². The van der Waals surface area contributed by atoms with Crippen molar-refractivity contribution in [3.63, 3.8) is 0 Å². The molecule has 0 aliphatic rings. The average molecular weight is 453 g/mol. The van der Waals surface area contributed by atoms with Gasteiger partial charge in [0.25, 0.3) is 0 Å². The monoisotopic (exact) mass is 452 g/mol. The quantitative estimate of drug-likeness (QED) is 0.362. The Morgan fingerprint density at radius 3 is 2.68 bits per heavy atom. The molecule has 0 saturated heterocycles. The zero-order chi connectivity index (χ0) is 23.5. The molecule has 0 aliphatic heterocycles. The Bertz CT molecular complexity index is 1450. The number of nitrogens with zero attached hydrogens (tertiary/aromatic N) is 5. The zero-order valence-electron chi connectivity index (χ0n) is 19.0. The van der Waals surface area contributed by atoms with Crippen molar-refractivity contribution in [2.24, 2.45) is 7.05 Å². The lowest BCUT2D eigenvalue weighted by atomic mass is 10.1. The maximum absolute atomic E-state index is 11.7. The molecule has 0 bridgehead atoms. The van der Waals surface area contributed by atoms with Gasteiger partial charge in [-0.15, -0.1) is 0 Å². The Hall–Kier alpha value is -4.46. The standard InChI is InChI=1S/C26H24N6O2/c1-3-34-26(33)13-18-7-9-21(10-8-18)29-24-6-4-5-22(30-24)23-16-27-25-14-19(11-12-32(23)25)20-15-28-31(2)17-20/h4-12,14-17H,3,13H2,1-2H3,(H,29,30). The SMILES string of the molecule is CCOC(=O)Cc1ccc(Nc2cccc(-c3cnc4cc(-c5cnn(C)c5)ccn34)n2)cc1. The van der Waals surface area contributed by atoms with Crippen molar-refractivity contribution in [2.45, 2.75) is 13.3 Å². The van der Waals surface area contributed by atoms with Crippen molar-refractivity contribution >= 4 is 23.1 Å². The van der Waals surface area contributed by atoms with Gasteiger partial charge in [-0.05, 0) is 54.4 Å². The number of pyridine rings is 2. The number of rotatable bonds is 7. The van der Waals surface area contributed by atoms with Crippen LogP contribution in [-0.2, 0) is 23.0 Å². The van der Waals surface area contributed by atoms with Gasteiger partial charge in [-0.3, -0.25) is 13.9 Å². The maximum atomic E-state index is 11.7. The molecule has 0 spiro atoms. The Morgan fingerprint density at radius 2 is 1.91 bits per heavy atom. The van der Waals surface area contributed by atoms with Crippen LogP contribution in [-0.4, -0.2) is 36.7 Å². The number of aromatic nitrogens is 5. The van der Waals surface area contributed by atoms with Gasteiger partial charge in [0, 0.05) is 30.7 Å². The van der Waals surface area contributed by atoms with Crippen LogP contribution in [0.1, 0.15) is 12.5 Å². The lowest BCUT2D eigenvalue weighted by Crippen LogP contribution is -2.07. The van der Waals surface area contributed by atoms with Gasteiger partial charge in [-0.2, -0.15) is 5.10 Å². The van der Waals surface area contributed by atoms with Crippen molar-refractivity contribution in [3.8, 4) is 22.5 Å². The van der Waals surface area contributed by atoms with Crippen molar-refractivity contribution in [1.82, 2.24) is 24.1 Å². The summed E-state index contributed by atoms with van der Waals surface area (Å²) in [6, 6.07) is 17.6. The molecular weight excluding hydrogens is 428 g/mol. The second-order valence-electron chi connectivity index (χ2n) is 7.90. The second kappa shape index (κ2) is 9.19. The molecule has 34 heavy (non-hydrogen) atoms. The van der Waals surface area contributed by atoms with Gasteiger partial charge in [0.2, 0.25) is 0 Å². The topological polar surface area (TPSA) is 86.3 Å². The van der Waals surface area contributed by atoms with Crippen LogP contribution in [0.2, 0.25) is 0 Å². The van der Waals surface area contributed by atoms with Gasteiger partial charge >= 0.3 is 5.97 Å². The number of carbonyl (C=O) groups is 1. The second-order valence-corrected chi connectivity index (χ2v) is 7.90. The maximum Gasteiger partial charge on any atom is 0.310 e. The molecule has 4 aromatic heterocycles. The number of hydrogen-bond donors (Lipinski definition) is 1. The van der Waals surface area contributed by atoms with Crippen molar-refractivity contribution in [1.29, 1.82) is 0 Å². The number of benzene rings is 1. The molecule has 5 aromatic rings. The van der Waals surface area contributed by atoms with Crippen LogP contribution in [0.25, 0.3) is 28.2 Å². The minimum atomic E-state index is -0.224. The first-order valence-electron chi connectivity index (χ1n) is 11.0. The summed E-state index contributed by atoms with van der Waals surface area (Å²) in [5.74, 6) is 0.496. The molecule has 8 nitrogen and oxygen atoms in total. The highest BCUT2D eigenvalue weighted by Crippen LogP contribution is 2.25. The van der Waals surface area contributed by atoms with Gasteiger partial charge in [0.05, 0.1) is 36.8 Å². The van der Waals surface area contributed by atoms with Gasteiger partial charge in [-0.1, -0.05) is 18.2 Å². The molecule has 0 amide bonds. The predicted molar refractivity (Wildman–Crippen MR) is 131 cm³/mol. The minimum Gasteiger partial charge on any atom is -0.466 e. The van der Waals surface area contributed by atoms with Crippen molar-refractivity contribution in [3.05, 3.63) is 84.9 Å². The van der Waals surface area contributed by atoms with Crippen molar-refractivity contribution < 1.29 is 9.53 Å². The summed E-state index contributed by atoms with van der Waals surface area (Å²) < 4.78 is 8.81. The molecular formula is C26H24N6O2. The van der Waals surface area contributed by atoms with Gasteiger partial charge in [-0.25, -0.2) is 9.97 Å². The number of nitrogens with one attached hydrogen (secondary N) is 1. The molecule has 5 rings (SSSR count). The number of imidazole rings is 1. The Kier molecular flexibility index (Phi) is 5.78. The molecule has 1 N–H and O–H groups in total. The molecule has 0 saturated carbocycles. The lowest BCUT2D eigenvalue weighted by Gasteiger charge is -2.09. The molecule has 0 fully saturated rings. The van der Waals surface area contributed by atoms with E-state index < -0.39 is 0 Å². The first-order valence-corrected chi connectivity index (χ1v) is 11.0.